The number of amides is 2. The van der Waals surface area contributed by atoms with Crippen LogP contribution in [0.15, 0.2) is 55.0 Å². The lowest BCUT2D eigenvalue weighted by Crippen LogP contribution is -2.14. The molecule has 2 aliphatic rings. The van der Waals surface area contributed by atoms with Crippen molar-refractivity contribution in [3.8, 4) is 22.8 Å². The number of pyridine rings is 1. The van der Waals surface area contributed by atoms with Gasteiger partial charge in [-0.05, 0) is 37.1 Å². The first-order valence-corrected chi connectivity index (χ1v) is 11.7. The van der Waals surface area contributed by atoms with Crippen molar-refractivity contribution in [2.75, 3.05) is 5.32 Å². The number of hydrogen-bond acceptors (Lipinski definition) is 6. The maximum absolute atomic E-state index is 12.8. The van der Waals surface area contributed by atoms with E-state index in [4.69, 9.17) is 22.4 Å². The van der Waals surface area contributed by atoms with E-state index in [0.717, 1.165) is 40.7 Å². The molecule has 2 aromatic carbocycles. The summed E-state index contributed by atoms with van der Waals surface area (Å²) in [6.45, 7) is 0. The Morgan fingerprint density at radius 2 is 1.94 bits per heavy atom. The van der Waals surface area contributed by atoms with Gasteiger partial charge in [-0.1, -0.05) is 23.7 Å². The molecule has 0 unspecified atom stereocenters. The molecular formula is C25H17ClN8O2. The van der Waals surface area contributed by atoms with Crippen molar-refractivity contribution in [1.29, 1.82) is 0 Å². The first kappa shape index (κ1) is 20.8. The van der Waals surface area contributed by atoms with Crippen LogP contribution in [-0.2, 0) is 0 Å². The number of halogens is 1. The first-order valence-electron chi connectivity index (χ1n) is 11.3. The summed E-state index contributed by atoms with van der Waals surface area (Å²) < 4.78 is 1.79. The van der Waals surface area contributed by atoms with E-state index < -0.39 is 5.91 Å². The van der Waals surface area contributed by atoms with Crippen LogP contribution in [0.1, 0.15) is 45.2 Å². The molecule has 11 heteroatoms. The third-order valence-corrected chi connectivity index (χ3v) is 6.85. The molecule has 3 aromatic heterocycles. The number of carbonyl (C=O) groups excluding carboxylic acids is 2. The van der Waals surface area contributed by atoms with Gasteiger partial charge in [-0.2, -0.15) is 15.3 Å². The lowest BCUT2D eigenvalue weighted by Gasteiger charge is -2.12. The normalized spacial score (nSPS) is 14.4. The SMILES string of the molecule is NC(=O)c1c(-c2cnc(-n3nccn3)c(Cl)c2)nn(-c2ccc3c4c(cccc24)C(=O)N3)c1C1CC1. The van der Waals surface area contributed by atoms with Crippen molar-refractivity contribution in [2.45, 2.75) is 18.8 Å². The van der Waals surface area contributed by atoms with Crippen LogP contribution in [0.4, 0.5) is 5.69 Å². The number of aromatic nitrogens is 6. The summed E-state index contributed by atoms with van der Waals surface area (Å²) >= 11 is 6.52. The number of nitrogens with zero attached hydrogens (tertiary/aromatic N) is 6. The molecule has 1 saturated carbocycles. The van der Waals surface area contributed by atoms with Gasteiger partial charge in [0, 0.05) is 39.7 Å². The number of nitrogens with two attached hydrogens (primary N) is 1. The van der Waals surface area contributed by atoms with Gasteiger partial charge in [0.25, 0.3) is 11.8 Å². The fourth-order valence-corrected chi connectivity index (χ4v) is 5.13. The number of hydrogen-bond donors (Lipinski definition) is 2. The number of anilines is 1. The Morgan fingerprint density at radius 3 is 2.67 bits per heavy atom. The zero-order valence-electron chi connectivity index (χ0n) is 18.6. The lowest BCUT2D eigenvalue weighted by atomic mass is 10.0. The van der Waals surface area contributed by atoms with Crippen molar-refractivity contribution in [1.82, 2.24) is 29.8 Å². The van der Waals surface area contributed by atoms with Gasteiger partial charge < -0.3 is 11.1 Å². The summed E-state index contributed by atoms with van der Waals surface area (Å²) in [5.41, 5.74) is 10.1. The van der Waals surface area contributed by atoms with E-state index in [1.807, 2.05) is 24.3 Å². The minimum atomic E-state index is -0.574. The Balaban J connectivity index is 1.47. The van der Waals surface area contributed by atoms with Crippen LogP contribution in [0.25, 0.3) is 33.5 Å². The van der Waals surface area contributed by atoms with Crippen LogP contribution < -0.4 is 11.1 Å². The minimum Gasteiger partial charge on any atom is -0.365 e. The predicted molar refractivity (Wildman–Crippen MR) is 133 cm³/mol. The van der Waals surface area contributed by atoms with Gasteiger partial charge in [0.05, 0.1) is 34.4 Å². The highest BCUT2D eigenvalue weighted by Crippen LogP contribution is 2.46. The molecule has 36 heavy (non-hydrogen) atoms. The van der Waals surface area contributed by atoms with E-state index in [9.17, 15) is 9.59 Å². The maximum atomic E-state index is 12.8. The average Bonchev–Trinajstić information content (AvgIpc) is 3.26. The third kappa shape index (κ3) is 2.97. The number of primary amides is 1. The summed E-state index contributed by atoms with van der Waals surface area (Å²) in [5.74, 6) is -0.207. The van der Waals surface area contributed by atoms with Gasteiger partial charge in [0.1, 0.15) is 5.69 Å². The Bertz CT molecular complexity index is 1740. The van der Waals surface area contributed by atoms with Crippen molar-refractivity contribution >= 4 is 39.9 Å². The minimum absolute atomic E-state index is 0.137. The largest absolute Gasteiger partial charge is 0.365 e. The van der Waals surface area contributed by atoms with Gasteiger partial charge in [0.15, 0.2) is 5.82 Å². The second-order valence-corrected chi connectivity index (χ2v) is 9.23. The second-order valence-electron chi connectivity index (χ2n) is 8.82. The van der Waals surface area contributed by atoms with Gasteiger partial charge >= 0.3 is 0 Å². The molecule has 7 rings (SSSR count). The molecule has 10 nitrogen and oxygen atoms in total. The smallest absolute Gasteiger partial charge is 0.256 e. The molecule has 3 N–H and O–H groups in total. The lowest BCUT2D eigenvalue weighted by molar-refractivity contribution is 0.0997. The van der Waals surface area contributed by atoms with Crippen LogP contribution in [0.2, 0.25) is 5.02 Å². The number of carbonyl (C=O) groups is 2. The fraction of sp³-hybridized carbons (Fsp3) is 0.120. The fourth-order valence-electron chi connectivity index (χ4n) is 4.89. The third-order valence-electron chi connectivity index (χ3n) is 6.57. The van der Waals surface area contributed by atoms with E-state index in [0.29, 0.717) is 33.2 Å². The summed E-state index contributed by atoms with van der Waals surface area (Å²) in [5, 5.41) is 17.9. The molecule has 0 radical (unpaired) electrons. The van der Waals surface area contributed by atoms with Gasteiger partial charge in [-0.25, -0.2) is 9.67 Å². The predicted octanol–water partition coefficient (Wildman–Crippen LogP) is 3.86. The molecule has 0 saturated heterocycles. The van der Waals surface area contributed by atoms with Crippen molar-refractivity contribution in [2.24, 2.45) is 5.73 Å². The Morgan fingerprint density at radius 1 is 1.14 bits per heavy atom. The monoisotopic (exact) mass is 496 g/mol. The number of nitrogens with one attached hydrogen (secondary N) is 1. The highest BCUT2D eigenvalue weighted by atomic mass is 35.5. The van der Waals surface area contributed by atoms with Crippen molar-refractivity contribution in [3.63, 3.8) is 0 Å². The van der Waals surface area contributed by atoms with Crippen molar-refractivity contribution in [3.05, 3.63) is 76.8 Å². The highest BCUT2D eigenvalue weighted by molar-refractivity contribution is 6.32. The first-order chi connectivity index (χ1) is 17.5. The van der Waals surface area contributed by atoms with E-state index in [-0.39, 0.29) is 11.8 Å². The molecule has 2 amide bonds. The summed E-state index contributed by atoms with van der Waals surface area (Å²) in [6, 6.07) is 11.0. The van der Waals surface area contributed by atoms with Crippen molar-refractivity contribution < 1.29 is 9.59 Å². The molecule has 0 spiro atoms. The van der Waals surface area contributed by atoms with E-state index in [1.54, 1.807) is 23.0 Å². The number of rotatable bonds is 5. The molecule has 5 aromatic rings. The van der Waals surface area contributed by atoms with Crippen LogP contribution in [0.3, 0.4) is 0 Å². The molecule has 1 aliphatic carbocycles. The van der Waals surface area contributed by atoms with Crippen LogP contribution in [0, 0.1) is 0 Å². The second kappa shape index (κ2) is 7.46. The summed E-state index contributed by atoms with van der Waals surface area (Å²) in [6.07, 6.45) is 6.49. The van der Waals surface area contributed by atoms with Gasteiger partial charge in [0.2, 0.25) is 0 Å². The van der Waals surface area contributed by atoms with E-state index in [2.05, 4.69) is 20.5 Å². The molecule has 0 atom stereocenters. The summed E-state index contributed by atoms with van der Waals surface area (Å²) in [4.78, 5) is 31.0. The van der Waals surface area contributed by atoms with Crippen LogP contribution in [0.5, 0.6) is 0 Å². The quantitative estimate of drug-likeness (QED) is 0.379. The van der Waals surface area contributed by atoms with Gasteiger partial charge in [-0.3, -0.25) is 9.59 Å². The molecule has 4 heterocycles. The molecule has 1 aliphatic heterocycles. The zero-order valence-corrected chi connectivity index (χ0v) is 19.4. The average molecular weight is 497 g/mol. The van der Waals surface area contributed by atoms with E-state index in [1.165, 1.54) is 17.2 Å². The Labute approximate surface area is 208 Å². The molecule has 1 fully saturated rings. The molecule has 0 bridgehead atoms. The van der Waals surface area contributed by atoms with Crippen LogP contribution >= 0.6 is 11.6 Å². The van der Waals surface area contributed by atoms with Crippen LogP contribution in [-0.4, -0.2) is 41.6 Å². The zero-order chi connectivity index (χ0) is 24.6. The van der Waals surface area contributed by atoms with Gasteiger partial charge in [-0.15, -0.1) is 4.80 Å². The molecular weight excluding hydrogens is 480 g/mol. The Kier molecular flexibility index (Phi) is 4.31. The summed E-state index contributed by atoms with van der Waals surface area (Å²) in [7, 11) is 0. The Hall–Kier alpha value is -4.57. The standard InChI is InChI=1S/C25H17ClN8O2/c26-16-10-13(11-28-24(16)34-29-8-9-30-34)21-20(23(27)35)22(12-4-5-12)33(32-21)18-7-6-17-19-14(18)2-1-3-15(19)25(36)31-17/h1-3,6-12H,4-5H2,(H2,27,35)(H,31,36). The topological polar surface area (TPSA) is 134 Å². The highest BCUT2D eigenvalue weighted by Gasteiger charge is 2.36. The molecule has 176 valence electrons. The number of benzene rings is 2. The maximum Gasteiger partial charge on any atom is 0.256 e. The van der Waals surface area contributed by atoms with E-state index >= 15 is 0 Å².